The minimum absolute atomic E-state index is 0.0355. The Morgan fingerprint density at radius 2 is 1.82 bits per heavy atom. The zero-order valence-electron chi connectivity index (χ0n) is 16.5. The van der Waals surface area contributed by atoms with Gasteiger partial charge in [-0.1, -0.05) is 29.8 Å². The van der Waals surface area contributed by atoms with E-state index in [0.29, 0.717) is 13.1 Å². The maximum Gasteiger partial charge on any atom is 0.227 e. The summed E-state index contributed by atoms with van der Waals surface area (Å²) in [5.74, 6) is -0.820. The van der Waals surface area contributed by atoms with Crippen LogP contribution in [-0.4, -0.2) is 43.9 Å². The van der Waals surface area contributed by atoms with Crippen LogP contribution in [0.5, 0.6) is 0 Å². The zero-order chi connectivity index (χ0) is 20.3. The maximum atomic E-state index is 13.2. The topological polar surface area (TPSA) is 52.7 Å². The number of nitrogens with zero attached hydrogens (tertiary/aromatic N) is 2. The molecule has 0 aliphatic carbocycles. The first kappa shape index (κ1) is 20.0. The van der Waals surface area contributed by atoms with Crippen LogP contribution in [0, 0.1) is 18.7 Å². The van der Waals surface area contributed by atoms with Gasteiger partial charge >= 0.3 is 0 Å². The second-order valence-electron chi connectivity index (χ2n) is 7.52. The fraction of sp³-hybridized carbons (Fsp3) is 0.364. The number of carbonyl (C=O) groups excluding carboxylic acids is 2. The summed E-state index contributed by atoms with van der Waals surface area (Å²) in [6.07, 6.45) is 0.211. The van der Waals surface area contributed by atoms with Gasteiger partial charge in [-0.3, -0.25) is 9.59 Å². The van der Waals surface area contributed by atoms with Crippen LogP contribution in [0.3, 0.4) is 0 Å². The molecule has 1 fully saturated rings. The summed E-state index contributed by atoms with van der Waals surface area (Å²) in [4.78, 5) is 28.7. The van der Waals surface area contributed by atoms with Gasteiger partial charge in [-0.25, -0.2) is 4.39 Å². The number of aryl methyl sites for hydroxylation is 1. The van der Waals surface area contributed by atoms with Crippen LogP contribution in [0.4, 0.5) is 10.1 Å². The van der Waals surface area contributed by atoms with Crippen molar-refractivity contribution >= 4 is 17.5 Å². The van der Waals surface area contributed by atoms with Crippen molar-refractivity contribution in [2.24, 2.45) is 5.92 Å². The van der Waals surface area contributed by atoms with E-state index in [1.807, 2.05) is 50.2 Å². The minimum Gasteiger partial charge on any atom is -0.354 e. The third-order valence-electron chi connectivity index (χ3n) is 5.19. The van der Waals surface area contributed by atoms with Crippen molar-refractivity contribution in [3.05, 3.63) is 65.5 Å². The van der Waals surface area contributed by atoms with Crippen LogP contribution in [0.25, 0.3) is 0 Å². The van der Waals surface area contributed by atoms with Crippen molar-refractivity contribution in [3.8, 4) is 0 Å². The van der Waals surface area contributed by atoms with E-state index in [4.69, 9.17) is 0 Å². The van der Waals surface area contributed by atoms with Gasteiger partial charge in [-0.15, -0.1) is 0 Å². The Labute approximate surface area is 165 Å². The molecular weight excluding hydrogens is 357 g/mol. The highest BCUT2D eigenvalue weighted by molar-refractivity contribution is 6.00. The van der Waals surface area contributed by atoms with E-state index in [1.165, 1.54) is 12.1 Å². The Hall–Kier alpha value is -2.73. The van der Waals surface area contributed by atoms with Crippen molar-refractivity contribution in [1.29, 1.82) is 0 Å². The summed E-state index contributed by atoms with van der Waals surface area (Å²) < 4.78 is 13.2. The monoisotopic (exact) mass is 383 g/mol. The highest BCUT2D eigenvalue weighted by atomic mass is 19.1. The van der Waals surface area contributed by atoms with Crippen molar-refractivity contribution < 1.29 is 14.0 Å². The number of hydrogen-bond acceptors (Lipinski definition) is 3. The molecule has 148 valence electrons. The van der Waals surface area contributed by atoms with Crippen LogP contribution in [0.1, 0.15) is 23.6 Å². The van der Waals surface area contributed by atoms with Gasteiger partial charge in [-0.05, 0) is 50.8 Å². The van der Waals surface area contributed by atoms with E-state index in [2.05, 4.69) is 5.32 Å². The number of hydrogen-bond donors (Lipinski definition) is 1. The molecule has 1 aliphatic heterocycles. The molecule has 2 unspecified atom stereocenters. The molecule has 0 radical (unpaired) electrons. The minimum atomic E-state index is -0.371. The first-order chi connectivity index (χ1) is 13.3. The molecule has 2 amide bonds. The third-order valence-corrected chi connectivity index (χ3v) is 5.19. The SMILES string of the molecule is Cc1ccc(N2CC(C(=O)NCC(c3ccc(F)cc3)N(C)C)CC2=O)cc1. The average Bonchev–Trinajstić information content (AvgIpc) is 3.05. The number of nitrogens with one attached hydrogen (secondary N) is 1. The lowest BCUT2D eigenvalue weighted by atomic mass is 10.0. The Morgan fingerprint density at radius 1 is 1.18 bits per heavy atom. The van der Waals surface area contributed by atoms with E-state index in [0.717, 1.165) is 16.8 Å². The van der Waals surface area contributed by atoms with E-state index >= 15 is 0 Å². The van der Waals surface area contributed by atoms with E-state index in [1.54, 1.807) is 17.0 Å². The molecule has 1 aliphatic rings. The van der Waals surface area contributed by atoms with Gasteiger partial charge in [0.25, 0.3) is 0 Å². The molecular formula is C22H26FN3O2. The first-order valence-electron chi connectivity index (χ1n) is 9.42. The summed E-state index contributed by atoms with van der Waals surface area (Å²) >= 11 is 0. The molecule has 0 aromatic heterocycles. The molecule has 6 heteroatoms. The Balaban J connectivity index is 1.61. The summed E-state index contributed by atoms with van der Waals surface area (Å²) in [6.45, 7) is 2.78. The van der Waals surface area contributed by atoms with Gasteiger partial charge in [0.05, 0.1) is 12.0 Å². The highest BCUT2D eigenvalue weighted by Gasteiger charge is 2.35. The molecule has 2 atom stereocenters. The van der Waals surface area contributed by atoms with E-state index in [-0.39, 0.29) is 36.0 Å². The van der Waals surface area contributed by atoms with Gasteiger partial charge in [0.2, 0.25) is 11.8 Å². The van der Waals surface area contributed by atoms with Crippen LogP contribution < -0.4 is 10.2 Å². The lowest BCUT2D eigenvalue weighted by molar-refractivity contribution is -0.126. The molecule has 0 saturated carbocycles. The van der Waals surface area contributed by atoms with Crippen LogP contribution in [0.15, 0.2) is 48.5 Å². The third kappa shape index (κ3) is 4.57. The Bertz CT molecular complexity index is 834. The Kier molecular flexibility index (Phi) is 6.09. The molecule has 0 spiro atoms. The van der Waals surface area contributed by atoms with Gasteiger partial charge in [0.15, 0.2) is 0 Å². The number of carbonyl (C=O) groups is 2. The van der Waals surface area contributed by atoms with E-state index < -0.39 is 0 Å². The maximum absolute atomic E-state index is 13.2. The molecule has 2 aromatic carbocycles. The molecule has 1 saturated heterocycles. The normalized spacial score (nSPS) is 17.8. The molecule has 0 bridgehead atoms. The standard InChI is InChI=1S/C22H26FN3O2/c1-15-4-10-19(11-5-15)26-14-17(12-21(26)27)22(28)24-13-20(25(2)3)16-6-8-18(23)9-7-16/h4-11,17,20H,12-14H2,1-3H3,(H,24,28). The second kappa shape index (κ2) is 8.52. The zero-order valence-corrected chi connectivity index (χ0v) is 16.5. The van der Waals surface area contributed by atoms with Crippen LogP contribution in [0.2, 0.25) is 0 Å². The van der Waals surface area contributed by atoms with Gasteiger partial charge in [-0.2, -0.15) is 0 Å². The molecule has 28 heavy (non-hydrogen) atoms. The predicted octanol–water partition coefficient (Wildman–Crippen LogP) is 2.91. The molecule has 3 rings (SSSR count). The molecule has 1 heterocycles. The number of rotatable bonds is 6. The quantitative estimate of drug-likeness (QED) is 0.835. The number of halogens is 1. The number of benzene rings is 2. The Morgan fingerprint density at radius 3 is 2.43 bits per heavy atom. The summed E-state index contributed by atoms with van der Waals surface area (Å²) in [5, 5.41) is 2.97. The molecule has 2 aromatic rings. The van der Waals surface area contributed by atoms with Crippen molar-refractivity contribution in [2.75, 3.05) is 32.1 Å². The number of likely N-dealkylation sites (N-methyl/N-ethyl adjacent to an activating group) is 1. The summed E-state index contributed by atoms with van der Waals surface area (Å²) in [5.41, 5.74) is 2.87. The fourth-order valence-electron chi connectivity index (χ4n) is 3.48. The van der Waals surface area contributed by atoms with Crippen molar-refractivity contribution in [1.82, 2.24) is 10.2 Å². The lowest BCUT2D eigenvalue weighted by Crippen LogP contribution is -2.38. The summed E-state index contributed by atoms with van der Waals surface area (Å²) in [6, 6.07) is 13.9. The van der Waals surface area contributed by atoms with Gasteiger partial charge in [0, 0.05) is 25.2 Å². The average molecular weight is 383 g/mol. The summed E-state index contributed by atoms with van der Waals surface area (Å²) in [7, 11) is 3.83. The van der Waals surface area contributed by atoms with Gasteiger partial charge < -0.3 is 15.1 Å². The second-order valence-corrected chi connectivity index (χ2v) is 7.52. The van der Waals surface area contributed by atoms with Crippen LogP contribution >= 0.6 is 0 Å². The van der Waals surface area contributed by atoms with Crippen LogP contribution in [-0.2, 0) is 9.59 Å². The van der Waals surface area contributed by atoms with Gasteiger partial charge in [0.1, 0.15) is 5.82 Å². The van der Waals surface area contributed by atoms with Crippen molar-refractivity contribution in [2.45, 2.75) is 19.4 Å². The number of anilines is 1. The van der Waals surface area contributed by atoms with Crippen molar-refractivity contribution in [3.63, 3.8) is 0 Å². The largest absolute Gasteiger partial charge is 0.354 e. The first-order valence-corrected chi connectivity index (χ1v) is 9.42. The molecule has 5 nitrogen and oxygen atoms in total. The smallest absolute Gasteiger partial charge is 0.227 e. The fourth-order valence-corrected chi connectivity index (χ4v) is 3.48. The number of amides is 2. The lowest BCUT2D eigenvalue weighted by Gasteiger charge is -2.25. The van der Waals surface area contributed by atoms with E-state index in [9.17, 15) is 14.0 Å². The predicted molar refractivity (Wildman–Crippen MR) is 107 cm³/mol. The highest BCUT2D eigenvalue weighted by Crippen LogP contribution is 2.26. The molecule has 1 N–H and O–H groups in total.